The van der Waals surface area contributed by atoms with Crippen molar-refractivity contribution in [1.82, 2.24) is 5.32 Å². The van der Waals surface area contributed by atoms with Crippen molar-refractivity contribution in [2.24, 2.45) is 0 Å². The number of phosphoric acid groups is 1. The highest BCUT2D eigenvalue weighted by Gasteiger charge is 2.23. The quantitative estimate of drug-likeness (QED) is 0.276. The zero-order valence-electron chi connectivity index (χ0n) is 17.9. The van der Waals surface area contributed by atoms with Gasteiger partial charge in [0, 0.05) is 19.0 Å². The molecular weight excluding hydrogens is 393 g/mol. The van der Waals surface area contributed by atoms with Crippen molar-refractivity contribution in [3.8, 4) is 11.5 Å². The van der Waals surface area contributed by atoms with Gasteiger partial charge in [-0.25, -0.2) is 4.57 Å². The van der Waals surface area contributed by atoms with Crippen LogP contribution < -0.4 is 14.6 Å². The summed E-state index contributed by atoms with van der Waals surface area (Å²) in [5.74, 6) is 0.683. The normalized spacial score (nSPS) is 13.1. The summed E-state index contributed by atoms with van der Waals surface area (Å²) in [6, 6.07) is 6.58. The van der Waals surface area contributed by atoms with Crippen molar-refractivity contribution in [3.05, 3.63) is 24.3 Å². The first kappa shape index (κ1) is 25.5. The minimum Gasteiger partial charge on any atom is -0.490 e. The third-order valence-corrected chi connectivity index (χ3v) is 5.38. The van der Waals surface area contributed by atoms with Gasteiger partial charge in [0.1, 0.15) is 11.5 Å². The number of unbranched alkanes of at least 4 members (excludes halogenated alkanes) is 4. The Balaban J connectivity index is 2.33. The molecule has 0 radical (unpaired) electrons. The van der Waals surface area contributed by atoms with E-state index in [1.165, 1.54) is 12.8 Å². The third kappa shape index (κ3) is 11.9. The Hall–Kier alpha value is -1.56. The molecule has 0 fully saturated rings. The Bertz CT molecular complexity index is 635. The second-order valence-corrected chi connectivity index (χ2v) is 8.32. The summed E-state index contributed by atoms with van der Waals surface area (Å²) in [6.07, 6.45) is 7.67. The summed E-state index contributed by atoms with van der Waals surface area (Å²) < 4.78 is 27.9. The molecule has 1 aromatic rings. The van der Waals surface area contributed by atoms with Crippen LogP contribution in [0, 0.1) is 0 Å². The maximum atomic E-state index is 12.1. The standard InChI is InChI=1S/C21H36NO6P/c1-4-7-8-9-10-14-21(23)22-15-16-26-29(24,25)28-20-13-11-12-19(17-20)27-18(5-2)6-3/h11-13,17-18H,4-10,14-16H2,1-3H3,(H,22,23)(H,24,25). The molecule has 29 heavy (non-hydrogen) atoms. The van der Waals surface area contributed by atoms with Crippen molar-refractivity contribution in [2.75, 3.05) is 13.2 Å². The van der Waals surface area contributed by atoms with Crippen LogP contribution in [0.5, 0.6) is 11.5 Å². The minimum absolute atomic E-state index is 0.0787. The Morgan fingerprint density at radius 2 is 1.79 bits per heavy atom. The highest BCUT2D eigenvalue weighted by Crippen LogP contribution is 2.44. The predicted molar refractivity (Wildman–Crippen MR) is 114 cm³/mol. The molecule has 7 nitrogen and oxygen atoms in total. The molecule has 0 saturated carbocycles. The molecule has 8 heteroatoms. The lowest BCUT2D eigenvalue weighted by molar-refractivity contribution is -0.121. The molecular formula is C21H36NO6P. The minimum atomic E-state index is -4.28. The molecule has 0 saturated heterocycles. The van der Waals surface area contributed by atoms with E-state index in [2.05, 4.69) is 12.2 Å². The summed E-state index contributed by atoms with van der Waals surface area (Å²) in [5.41, 5.74) is 0. The van der Waals surface area contributed by atoms with Gasteiger partial charge in [0.2, 0.25) is 5.91 Å². The van der Waals surface area contributed by atoms with E-state index in [0.717, 1.165) is 32.1 Å². The van der Waals surface area contributed by atoms with Gasteiger partial charge in [0.25, 0.3) is 0 Å². The van der Waals surface area contributed by atoms with Crippen LogP contribution in [-0.2, 0) is 13.9 Å². The fourth-order valence-electron chi connectivity index (χ4n) is 2.74. The van der Waals surface area contributed by atoms with Crippen molar-refractivity contribution in [2.45, 2.75) is 78.2 Å². The van der Waals surface area contributed by atoms with Crippen molar-refractivity contribution >= 4 is 13.7 Å². The second-order valence-electron chi connectivity index (χ2n) is 6.94. The number of carbonyl (C=O) groups is 1. The van der Waals surface area contributed by atoms with E-state index in [1.807, 2.05) is 13.8 Å². The molecule has 1 atom stereocenters. The van der Waals surface area contributed by atoms with Crippen LogP contribution in [-0.4, -0.2) is 30.1 Å². The van der Waals surface area contributed by atoms with Crippen LogP contribution in [0.15, 0.2) is 24.3 Å². The SMILES string of the molecule is CCCCCCCC(=O)NCCOP(=O)(O)Oc1cccc(OC(CC)CC)c1. The highest BCUT2D eigenvalue weighted by molar-refractivity contribution is 7.47. The molecule has 0 bridgehead atoms. The first-order valence-electron chi connectivity index (χ1n) is 10.6. The molecule has 0 spiro atoms. The van der Waals surface area contributed by atoms with Gasteiger partial charge in [-0.2, -0.15) is 0 Å². The zero-order valence-corrected chi connectivity index (χ0v) is 18.8. The molecule has 1 amide bonds. The summed E-state index contributed by atoms with van der Waals surface area (Å²) in [7, 11) is -4.28. The number of ether oxygens (including phenoxy) is 1. The number of carbonyl (C=O) groups excluding carboxylic acids is 1. The number of hydrogen-bond acceptors (Lipinski definition) is 5. The number of nitrogens with one attached hydrogen (secondary N) is 1. The van der Waals surface area contributed by atoms with Crippen LogP contribution in [0.2, 0.25) is 0 Å². The monoisotopic (exact) mass is 429 g/mol. The first-order chi connectivity index (χ1) is 13.9. The average molecular weight is 429 g/mol. The maximum Gasteiger partial charge on any atom is 0.527 e. The van der Waals surface area contributed by atoms with Crippen LogP contribution in [0.3, 0.4) is 0 Å². The number of hydrogen-bond donors (Lipinski definition) is 2. The van der Waals surface area contributed by atoms with Gasteiger partial charge in [-0.15, -0.1) is 0 Å². The lowest BCUT2D eigenvalue weighted by Crippen LogP contribution is -2.26. The molecule has 2 N–H and O–H groups in total. The maximum absolute atomic E-state index is 12.1. The zero-order chi connectivity index (χ0) is 21.5. The second kappa shape index (κ2) is 14.4. The summed E-state index contributed by atoms with van der Waals surface area (Å²) in [4.78, 5) is 21.6. The average Bonchev–Trinajstić information content (AvgIpc) is 2.69. The summed E-state index contributed by atoms with van der Waals surface area (Å²) >= 11 is 0. The van der Waals surface area contributed by atoms with E-state index in [4.69, 9.17) is 13.8 Å². The van der Waals surface area contributed by atoms with E-state index in [0.29, 0.717) is 12.2 Å². The molecule has 0 heterocycles. The molecule has 0 aliphatic rings. The van der Waals surface area contributed by atoms with Crippen molar-refractivity contribution in [1.29, 1.82) is 0 Å². The lowest BCUT2D eigenvalue weighted by atomic mass is 10.1. The number of phosphoric ester groups is 1. The van der Waals surface area contributed by atoms with Gasteiger partial charge in [-0.05, 0) is 31.4 Å². The molecule has 1 unspecified atom stereocenters. The van der Waals surface area contributed by atoms with E-state index >= 15 is 0 Å². The molecule has 166 valence electrons. The van der Waals surface area contributed by atoms with Gasteiger partial charge >= 0.3 is 7.82 Å². The smallest absolute Gasteiger partial charge is 0.490 e. The Kier molecular flexibility index (Phi) is 12.7. The van der Waals surface area contributed by atoms with Gasteiger partial charge in [-0.3, -0.25) is 14.2 Å². The van der Waals surface area contributed by atoms with E-state index < -0.39 is 7.82 Å². The fourth-order valence-corrected chi connectivity index (χ4v) is 3.50. The molecule has 0 aromatic heterocycles. The Labute approximate surface area is 174 Å². The first-order valence-corrected chi connectivity index (χ1v) is 12.1. The predicted octanol–water partition coefficient (Wildman–Crippen LogP) is 5.23. The van der Waals surface area contributed by atoms with E-state index in [-0.39, 0.29) is 30.9 Å². The van der Waals surface area contributed by atoms with Crippen LogP contribution in [0.1, 0.15) is 72.1 Å². The van der Waals surface area contributed by atoms with E-state index in [9.17, 15) is 14.3 Å². The number of benzene rings is 1. The van der Waals surface area contributed by atoms with Crippen LogP contribution in [0.25, 0.3) is 0 Å². The highest BCUT2D eigenvalue weighted by atomic mass is 31.2. The van der Waals surface area contributed by atoms with Gasteiger partial charge in [0.15, 0.2) is 0 Å². The van der Waals surface area contributed by atoms with Crippen LogP contribution >= 0.6 is 7.82 Å². The van der Waals surface area contributed by atoms with Gasteiger partial charge in [-0.1, -0.05) is 52.5 Å². The summed E-state index contributed by atoms with van der Waals surface area (Å²) in [5, 5.41) is 2.68. The Morgan fingerprint density at radius 1 is 1.10 bits per heavy atom. The molecule has 0 aliphatic carbocycles. The van der Waals surface area contributed by atoms with Crippen molar-refractivity contribution in [3.63, 3.8) is 0 Å². The number of rotatable bonds is 16. The lowest BCUT2D eigenvalue weighted by Gasteiger charge is -2.17. The largest absolute Gasteiger partial charge is 0.527 e. The van der Waals surface area contributed by atoms with Gasteiger partial charge < -0.3 is 14.6 Å². The third-order valence-electron chi connectivity index (χ3n) is 4.43. The molecule has 1 rings (SSSR count). The summed E-state index contributed by atoms with van der Waals surface area (Å²) in [6.45, 7) is 6.26. The van der Waals surface area contributed by atoms with Crippen molar-refractivity contribution < 1.29 is 28.0 Å². The van der Waals surface area contributed by atoms with Gasteiger partial charge in [0.05, 0.1) is 12.7 Å². The molecule has 1 aromatic carbocycles. The van der Waals surface area contributed by atoms with Crippen LogP contribution in [0.4, 0.5) is 0 Å². The fraction of sp³-hybridized carbons (Fsp3) is 0.667. The number of amides is 1. The Morgan fingerprint density at radius 3 is 2.48 bits per heavy atom. The van der Waals surface area contributed by atoms with E-state index in [1.54, 1.807) is 24.3 Å². The topological polar surface area (TPSA) is 94.1 Å². The molecule has 0 aliphatic heterocycles.